The number of carbonyl (C=O) groups is 4. The first-order chi connectivity index (χ1) is 14.4. The minimum atomic E-state index is -4.66. The van der Waals surface area contributed by atoms with Crippen molar-refractivity contribution in [1.82, 2.24) is 0 Å². The Bertz CT molecular complexity index is 1090. The molecule has 162 valence electrons. The van der Waals surface area contributed by atoms with Crippen molar-refractivity contribution in [3.63, 3.8) is 0 Å². The summed E-state index contributed by atoms with van der Waals surface area (Å²) in [7, 11) is 0. The van der Waals surface area contributed by atoms with E-state index in [0.717, 1.165) is 30.3 Å². The average molecular weight is 457 g/mol. The molecule has 1 unspecified atom stereocenters. The Morgan fingerprint density at radius 3 is 2.13 bits per heavy atom. The van der Waals surface area contributed by atoms with Crippen LogP contribution in [0.15, 0.2) is 36.4 Å². The summed E-state index contributed by atoms with van der Waals surface area (Å²) < 4.78 is 38.8. The summed E-state index contributed by atoms with van der Waals surface area (Å²) in [6.07, 6.45) is -5.13. The first-order valence-corrected chi connectivity index (χ1v) is 8.88. The number of nitrogens with one attached hydrogen (secondary N) is 1. The lowest BCUT2D eigenvalue weighted by atomic mass is 10.1. The highest BCUT2D eigenvalue weighted by atomic mass is 35.5. The zero-order chi connectivity index (χ0) is 23.1. The fourth-order valence-corrected chi connectivity index (χ4v) is 3.18. The molecule has 1 heterocycles. The third kappa shape index (κ3) is 4.45. The fourth-order valence-electron chi connectivity index (χ4n) is 3.00. The summed E-state index contributed by atoms with van der Waals surface area (Å²) in [4.78, 5) is 48.3. The Morgan fingerprint density at radius 2 is 1.61 bits per heavy atom. The molecular formula is C19H12ClF3N2O6. The van der Waals surface area contributed by atoms with Gasteiger partial charge in [-0.25, -0.2) is 14.5 Å². The van der Waals surface area contributed by atoms with E-state index in [9.17, 15) is 32.3 Å². The lowest BCUT2D eigenvalue weighted by Gasteiger charge is -2.18. The number of carboxylic acid groups (broad SMARTS) is 2. The van der Waals surface area contributed by atoms with Gasteiger partial charge in [0.05, 0.1) is 39.5 Å². The largest absolute Gasteiger partial charge is 0.478 e. The second-order valence-electron chi connectivity index (χ2n) is 6.54. The molecule has 1 atom stereocenters. The number of hydrogen-bond acceptors (Lipinski definition) is 5. The van der Waals surface area contributed by atoms with E-state index in [-0.39, 0.29) is 16.4 Å². The molecule has 0 bridgehead atoms. The Hall–Kier alpha value is -3.60. The molecule has 3 N–H and O–H groups in total. The maximum absolute atomic E-state index is 12.9. The summed E-state index contributed by atoms with van der Waals surface area (Å²) in [5.41, 5.74) is -2.46. The molecule has 0 spiro atoms. The van der Waals surface area contributed by atoms with E-state index in [1.165, 1.54) is 0 Å². The standard InChI is InChI=1S/C19H12ClF3N2O6/c20-12-2-1-10(19(21,22)23)6-13(12)24-14-7-15(26)25(16(14)27)11-4-8(17(28)29)3-9(5-11)18(30)31/h1-6,14,24H,7H2,(H,28,29)(H,30,31). The zero-order valence-electron chi connectivity index (χ0n) is 15.2. The smallest absolute Gasteiger partial charge is 0.416 e. The number of alkyl halides is 3. The molecule has 12 heteroatoms. The number of amides is 2. The van der Waals surface area contributed by atoms with E-state index in [2.05, 4.69) is 5.32 Å². The van der Waals surface area contributed by atoms with Gasteiger partial charge >= 0.3 is 18.1 Å². The highest BCUT2D eigenvalue weighted by Gasteiger charge is 2.41. The van der Waals surface area contributed by atoms with Crippen molar-refractivity contribution in [1.29, 1.82) is 0 Å². The molecule has 0 saturated carbocycles. The number of imide groups is 1. The quantitative estimate of drug-likeness (QED) is 0.588. The molecule has 1 fully saturated rings. The molecule has 0 aliphatic carbocycles. The molecule has 0 aromatic heterocycles. The number of nitrogens with zero attached hydrogens (tertiary/aromatic N) is 1. The number of carboxylic acids is 2. The first-order valence-electron chi connectivity index (χ1n) is 8.50. The van der Waals surface area contributed by atoms with E-state index < -0.39 is 59.1 Å². The van der Waals surface area contributed by atoms with Crippen LogP contribution in [0.25, 0.3) is 0 Å². The van der Waals surface area contributed by atoms with Crippen LogP contribution in [0.3, 0.4) is 0 Å². The van der Waals surface area contributed by atoms with Crippen LogP contribution in [0.1, 0.15) is 32.7 Å². The second-order valence-corrected chi connectivity index (χ2v) is 6.95. The molecular weight excluding hydrogens is 445 g/mol. The van der Waals surface area contributed by atoms with E-state index in [4.69, 9.17) is 21.8 Å². The summed E-state index contributed by atoms with van der Waals surface area (Å²) in [5.74, 6) is -4.66. The van der Waals surface area contributed by atoms with E-state index in [1.807, 2.05) is 0 Å². The van der Waals surface area contributed by atoms with Crippen LogP contribution in [0.5, 0.6) is 0 Å². The Labute approximate surface area is 176 Å². The molecule has 2 aromatic carbocycles. The highest BCUT2D eigenvalue weighted by Crippen LogP contribution is 2.35. The fraction of sp³-hybridized carbons (Fsp3) is 0.158. The van der Waals surface area contributed by atoms with Gasteiger partial charge in [-0.15, -0.1) is 0 Å². The molecule has 2 aromatic rings. The molecule has 0 radical (unpaired) electrons. The van der Waals surface area contributed by atoms with Gasteiger partial charge in [-0.2, -0.15) is 13.2 Å². The third-order valence-corrected chi connectivity index (χ3v) is 4.77. The minimum Gasteiger partial charge on any atom is -0.478 e. The predicted molar refractivity (Wildman–Crippen MR) is 101 cm³/mol. The SMILES string of the molecule is O=C(O)c1cc(C(=O)O)cc(N2C(=O)CC(Nc3cc(C(F)(F)F)ccc3Cl)C2=O)c1. The number of anilines is 2. The minimum absolute atomic E-state index is 0.118. The molecule has 2 amide bonds. The normalized spacial score (nSPS) is 16.5. The van der Waals surface area contributed by atoms with Crippen LogP contribution in [-0.4, -0.2) is 40.0 Å². The summed E-state index contributed by atoms with van der Waals surface area (Å²) in [6, 6.07) is 3.89. The summed E-state index contributed by atoms with van der Waals surface area (Å²) >= 11 is 5.90. The molecule has 1 saturated heterocycles. The lowest BCUT2D eigenvalue weighted by Crippen LogP contribution is -2.35. The van der Waals surface area contributed by atoms with Gasteiger partial charge in [-0.3, -0.25) is 9.59 Å². The van der Waals surface area contributed by atoms with E-state index in [1.54, 1.807) is 0 Å². The number of halogens is 4. The summed E-state index contributed by atoms with van der Waals surface area (Å²) in [5, 5.41) is 20.7. The second kappa shape index (κ2) is 7.91. The highest BCUT2D eigenvalue weighted by molar-refractivity contribution is 6.33. The average Bonchev–Trinajstić information content (AvgIpc) is 2.95. The van der Waals surface area contributed by atoms with Gasteiger partial charge in [0.25, 0.3) is 5.91 Å². The van der Waals surface area contributed by atoms with Crippen LogP contribution in [-0.2, 0) is 15.8 Å². The topological polar surface area (TPSA) is 124 Å². The van der Waals surface area contributed by atoms with Crippen molar-refractivity contribution < 1.29 is 42.6 Å². The number of carbonyl (C=O) groups excluding carboxylic acids is 2. The predicted octanol–water partition coefficient (Wildman–Crippen LogP) is 3.50. The van der Waals surface area contributed by atoms with Crippen molar-refractivity contribution in [3.05, 3.63) is 58.1 Å². The Morgan fingerprint density at radius 1 is 1.03 bits per heavy atom. The van der Waals surface area contributed by atoms with Crippen LogP contribution < -0.4 is 10.2 Å². The maximum atomic E-state index is 12.9. The molecule has 3 rings (SSSR count). The monoisotopic (exact) mass is 456 g/mol. The van der Waals surface area contributed by atoms with Gasteiger partial charge in [0.2, 0.25) is 5.91 Å². The van der Waals surface area contributed by atoms with Crippen molar-refractivity contribution in [2.24, 2.45) is 0 Å². The zero-order valence-corrected chi connectivity index (χ0v) is 16.0. The first kappa shape index (κ1) is 22.1. The van der Waals surface area contributed by atoms with Gasteiger partial charge in [-0.05, 0) is 36.4 Å². The number of hydrogen-bond donors (Lipinski definition) is 3. The Kier molecular flexibility index (Phi) is 5.64. The molecule has 1 aliphatic heterocycles. The summed E-state index contributed by atoms with van der Waals surface area (Å²) in [6.45, 7) is 0. The number of aromatic carboxylic acids is 2. The Balaban J connectivity index is 1.94. The van der Waals surface area contributed by atoms with Crippen molar-refractivity contribution in [2.75, 3.05) is 10.2 Å². The lowest BCUT2D eigenvalue weighted by molar-refractivity contribution is -0.137. The van der Waals surface area contributed by atoms with Crippen LogP contribution in [0.4, 0.5) is 24.5 Å². The van der Waals surface area contributed by atoms with Crippen molar-refractivity contribution in [3.8, 4) is 0 Å². The molecule has 1 aliphatic rings. The van der Waals surface area contributed by atoms with Crippen LogP contribution in [0, 0.1) is 0 Å². The molecule has 31 heavy (non-hydrogen) atoms. The van der Waals surface area contributed by atoms with Crippen LogP contribution >= 0.6 is 11.6 Å². The van der Waals surface area contributed by atoms with Gasteiger partial charge in [-0.1, -0.05) is 11.6 Å². The van der Waals surface area contributed by atoms with Gasteiger partial charge in [0, 0.05) is 0 Å². The van der Waals surface area contributed by atoms with Crippen molar-refractivity contribution >= 4 is 46.7 Å². The van der Waals surface area contributed by atoms with Gasteiger partial charge < -0.3 is 15.5 Å². The number of rotatable bonds is 5. The van der Waals surface area contributed by atoms with Gasteiger partial charge in [0.15, 0.2) is 0 Å². The number of benzene rings is 2. The van der Waals surface area contributed by atoms with Crippen molar-refractivity contribution in [2.45, 2.75) is 18.6 Å². The third-order valence-electron chi connectivity index (χ3n) is 4.44. The van der Waals surface area contributed by atoms with E-state index in [0.29, 0.717) is 11.0 Å². The maximum Gasteiger partial charge on any atom is 0.416 e. The van der Waals surface area contributed by atoms with Gasteiger partial charge in [0.1, 0.15) is 6.04 Å². The van der Waals surface area contributed by atoms with E-state index >= 15 is 0 Å². The molecule has 8 nitrogen and oxygen atoms in total. The van der Waals surface area contributed by atoms with Crippen LogP contribution in [0.2, 0.25) is 5.02 Å².